The second kappa shape index (κ2) is 6.13. The van der Waals surface area contributed by atoms with Crippen LogP contribution in [0.5, 0.6) is 0 Å². The van der Waals surface area contributed by atoms with Crippen molar-refractivity contribution in [1.29, 1.82) is 0 Å². The molecule has 1 aliphatic rings. The summed E-state index contributed by atoms with van der Waals surface area (Å²) in [5.74, 6) is -1.41. The Hall–Kier alpha value is -2.17. The average molecular weight is 260 g/mol. The fourth-order valence-electron chi connectivity index (χ4n) is 2.13. The molecule has 1 aliphatic heterocycles. The first-order valence-electron chi connectivity index (χ1n) is 6.26. The fourth-order valence-corrected chi connectivity index (χ4v) is 2.13. The van der Waals surface area contributed by atoms with Gasteiger partial charge in [0.2, 0.25) is 5.91 Å². The predicted molar refractivity (Wildman–Crippen MR) is 70.2 cm³/mol. The van der Waals surface area contributed by atoms with Gasteiger partial charge < -0.3 is 10.0 Å². The van der Waals surface area contributed by atoms with Crippen LogP contribution in [0.25, 0.3) is 6.08 Å². The van der Waals surface area contributed by atoms with Crippen molar-refractivity contribution in [3.63, 3.8) is 0 Å². The number of piperidine rings is 1. The third-order valence-electron chi connectivity index (χ3n) is 3.19. The standard InChI is InChI=1S/C14H16N2O3/c17-13(6-5-11-3-1-7-15-9-11)16-8-2-4-12(10-16)14(18)19/h1,3,5-7,9,12H,2,4,8,10H2,(H,18,19)/b6-5+/t12-/m0/s1. The molecule has 5 nitrogen and oxygen atoms in total. The van der Waals surface area contributed by atoms with Gasteiger partial charge in [0.25, 0.3) is 0 Å². The molecule has 1 fully saturated rings. The number of carboxylic acid groups (broad SMARTS) is 1. The van der Waals surface area contributed by atoms with Gasteiger partial charge in [0, 0.05) is 31.6 Å². The normalized spacial score (nSPS) is 19.6. The molecule has 0 radical (unpaired) electrons. The van der Waals surface area contributed by atoms with Gasteiger partial charge in [0.05, 0.1) is 5.92 Å². The van der Waals surface area contributed by atoms with Crippen LogP contribution in [-0.4, -0.2) is 40.0 Å². The van der Waals surface area contributed by atoms with Crippen molar-refractivity contribution in [2.75, 3.05) is 13.1 Å². The summed E-state index contributed by atoms with van der Waals surface area (Å²) in [7, 11) is 0. The van der Waals surface area contributed by atoms with E-state index in [1.54, 1.807) is 29.4 Å². The van der Waals surface area contributed by atoms with Gasteiger partial charge in [-0.15, -0.1) is 0 Å². The third-order valence-corrected chi connectivity index (χ3v) is 3.19. The molecule has 0 aliphatic carbocycles. The molecule has 1 aromatic rings. The first-order valence-corrected chi connectivity index (χ1v) is 6.26. The Kier molecular flexibility index (Phi) is 4.28. The maximum Gasteiger partial charge on any atom is 0.308 e. The van der Waals surface area contributed by atoms with E-state index in [-0.39, 0.29) is 5.91 Å². The Bertz CT molecular complexity index is 485. The highest BCUT2D eigenvalue weighted by Crippen LogP contribution is 2.17. The average Bonchev–Trinajstić information content (AvgIpc) is 2.46. The summed E-state index contributed by atoms with van der Waals surface area (Å²) in [6.45, 7) is 0.922. The summed E-state index contributed by atoms with van der Waals surface area (Å²) >= 11 is 0. The molecule has 0 saturated carbocycles. The van der Waals surface area contributed by atoms with Crippen LogP contribution in [0.3, 0.4) is 0 Å². The van der Waals surface area contributed by atoms with Gasteiger partial charge in [-0.2, -0.15) is 0 Å². The lowest BCUT2D eigenvalue weighted by molar-refractivity contribution is -0.144. The number of carbonyl (C=O) groups excluding carboxylic acids is 1. The number of pyridine rings is 1. The topological polar surface area (TPSA) is 70.5 Å². The molecule has 1 aromatic heterocycles. The van der Waals surface area contributed by atoms with Crippen LogP contribution in [0.15, 0.2) is 30.6 Å². The number of carboxylic acids is 1. The van der Waals surface area contributed by atoms with E-state index >= 15 is 0 Å². The molecule has 5 heteroatoms. The van der Waals surface area contributed by atoms with Gasteiger partial charge >= 0.3 is 5.97 Å². The monoisotopic (exact) mass is 260 g/mol. The number of nitrogens with zero attached hydrogens (tertiary/aromatic N) is 2. The van der Waals surface area contributed by atoms with Crippen molar-refractivity contribution in [3.8, 4) is 0 Å². The van der Waals surface area contributed by atoms with Gasteiger partial charge in [-0.3, -0.25) is 14.6 Å². The molecule has 1 N–H and O–H groups in total. The van der Waals surface area contributed by atoms with E-state index in [0.29, 0.717) is 19.5 Å². The highest BCUT2D eigenvalue weighted by Gasteiger charge is 2.26. The Morgan fingerprint density at radius 3 is 3.00 bits per heavy atom. The van der Waals surface area contributed by atoms with Crippen molar-refractivity contribution >= 4 is 18.0 Å². The molecule has 0 aromatic carbocycles. The first kappa shape index (κ1) is 13.3. The predicted octanol–water partition coefficient (Wildman–Crippen LogP) is 1.42. The summed E-state index contributed by atoms with van der Waals surface area (Å²) in [5.41, 5.74) is 0.850. The van der Waals surface area contributed by atoms with Gasteiger partial charge in [-0.25, -0.2) is 0 Å². The maximum atomic E-state index is 12.0. The van der Waals surface area contributed by atoms with E-state index < -0.39 is 11.9 Å². The zero-order valence-electron chi connectivity index (χ0n) is 10.5. The molecule has 2 heterocycles. The summed E-state index contributed by atoms with van der Waals surface area (Å²) in [6.07, 6.45) is 7.89. The molecule has 1 saturated heterocycles. The van der Waals surface area contributed by atoms with E-state index in [1.807, 2.05) is 6.07 Å². The van der Waals surface area contributed by atoms with E-state index in [1.165, 1.54) is 6.08 Å². The van der Waals surface area contributed by atoms with Crippen LogP contribution >= 0.6 is 0 Å². The summed E-state index contributed by atoms with van der Waals surface area (Å²) in [6, 6.07) is 3.65. The van der Waals surface area contributed by atoms with Crippen LogP contribution < -0.4 is 0 Å². The lowest BCUT2D eigenvalue weighted by Gasteiger charge is -2.29. The smallest absolute Gasteiger partial charge is 0.308 e. The Morgan fingerprint density at radius 2 is 2.32 bits per heavy atom. The third kappa shape index (κ3) is 3.64. The number of rotatable bonds is 3. The molecule has 0 bridgehead atoms. The van der Waals surface area contributed by atoms with Crippen molar-refractivity contribution in [3.05, 3.63) is 36.2 Å². The second-order valence-corrected chi connectivity index (χ2v) is 4.58. The first-order chi connectivity index (χ1) is 9.16. The van der Waals surface area contributed by atoms with E-state index in [4.69, 9.17) is 5.11 Å². The summed E-state index contributed by atoms with van der Waals surface area (Å²) in [5, 5.41) is 8.98. The molecule has 1 amide bonds. The summed E-state index contributed by atoms with van der Waals surface area (Å²) < 4.78 is 0. The van der Waals surface area contributed by atoms with Crippen LogP contribution in [0, 0.1) is 5.92 Å². The van der Waals surface area contributed by atoms with Gasteiger partial charge in [-0.05, 0) is 30.5 Å². The minimum Gasteiger partial charge on any atom is -0.481 e. The highest BCUT2D eigenvalue weighted by molar-refractivity contribution is 5.92. The van der Waals surface area contributed by atoms with Crippen molar-refractivity contribution in [2.45, 2.75) is 12.8 Å². The maximum absolute atomic E-state index is 12.0. The van der Waals surface area contributed by atoms with Crippen molar-refractivity contribution < 1.29 is 14.7 Å². The zero-order valence-corrected chi connectivity index (χ0v) is 10.5. The number of likely N-dealkylation sites (tertiary alicyclic amines) is 1. The number of carbonyl (C=O) groups is 2. The van der Waals surface area contributed by atoms with Crippen LogP contribution in [-0.2, 0) is 9.59 Å². The van der Waals surface area contributed by atoms with Crippen molar-refractivity contribution in [2.24, 2.45) is 5.92 Å². The van der Waals surface area contributed by atoms with Crippen LogP contribution in [0.4, 0.5) is 0 Å². The van der Waals surface area contributed by atoms with E-state index in [9.17, 15) is 9.59 Å². The zero-order chi connectivity index (χ0) is 13.7. The molecule has 19 heavy (non-hydrogen) atoms. The molecule has 0 unspecified atom stereocenters. The van der Waals surface area contributed by atoms with Gasteiger partial charge in [0.1, 0.15) is 0 Å². The minimum atomic E-state index is -0.825. The molecular weight excluding hydrogens is 244 g/mol. The lowest BCUT2D eigenvalue weighted by Crippen LogP contribution is -2.41. The Morgan fingerprint density at radius 1 is 1.47 bits per heavy atom. The van der Waals surface area contributed by atoms with Crippen molar-refractivity contribution in [1.82, 2.24) is 9.88 Å². The van der Waals surface area contributed by atoms with Crippen LogP contribution in [0.2, 0.25) is 0 Å². The number of hydrogen-bond acceptors (Lipinski definition) is 3. The summed E-state index contributed by atoms with van der Waals surface area (Å²) in [4.78, 5) is 28.5. The molecule has 100 valence electrons. The molecular formula is C14H16N2O3. The van der Waals surface area contributed by atoms with Crippen LogP contribution in [0.1, 0.15) is 18.4 Å². The number of aliphatic carboxylic acids is 1. The van der Waals surface area contributed by atoms with E-state index in [2.05, 4.69) is 4.98 Å². The Balaban J connectivity index is 1.96. The fraction of sp³-hybridized carbons (Fsp3) is 0.357. The second-order valence-electron chi connectivity index (χ2n) is 4.58. The largest absolute Gasteiger partial charge is 0.481 e. The number of amides is 1. The van der Waals surface area contributed by atoms with E-state index in [0.717, 1.165) is 12.0 Å². The van der Waals surface area contributed by atoms with Gasteiger partial charge in [-0.1, -0.05) is 6.07 Å². The Labute approximate surface area is 111 Å². The number of hydrogen-bond donors (Lipinski definition) is 1. The van der Waals surface area contributed by atoms with Gasteiger partial charge in [0.15, 0.2) is 0 Å². The number of aromatic nitrogens is 1. The SMILES string of the molecule is O=C(O)[C@H]1CCCN(C(=O)/C=C/c2cccnc2)C1. The molecule has 2 rings (SSSR count). The highest BCUT2D eigenvalue weighted by atomic mass is 16.4. The minimum absolute atomic E-state index is 0.144. The quantitative estimate of drug-likeness (QED) is 0.834. The molecule has 1 atom stereocenters. The molecule has 0 spiro atoms. The lowest BCUT2D eigenvalue weighted by atomic mass is 9.98.